The first-order chi connectivity index (χ1) is 12.4. The van der Waals surface area contributed by atoms with Gasteiger partial charge in [-0.3, -0.25) is 4.79 Å². The van der Waals surface area contributed by atoms with Crippen LogP contribution < -0.4 is 0 Å². The number of rotatable bonds is 3. The van der Waals surface area contributed by atoms with Gasteiger partial charge in [0.25, 0.3) is 15.9 Å². The smallest absolute Gasteiger partial charge is 0.268 e. The molecule has 2 aromatic carbocycles. The number of carbonyl (C=O) groups excluding carboxylic acids is 1. The van der Waals surface area contributed by atoms with E-state index in [-0.39, 0.29) is 17.0 Å². The van der Waals surface area contributed by atoms with Gasteiger partial charge in [-0.1, -0.05) is 24.3 Å². The van der Waals surface area contributed by atoms with Crippen molar-refractivity contribution in [3.63, 3.8) is 0 Å². The summed E-state index contributed by atoms with van der Waals surface area (Å²) in [5.74, 6) is -0.483. The molecule has 0 bridgehead atoms. The molecule has 0 atom stereocenters. The zero-order valence-electron chi connectivity index (χ0n) is 14.4. The van der Waals surface area contributed by atoms with Crippen molar-refractivity contribution in [2.24, 2.45) is 0 Å². The Morgan fingerprint density at radius 3 is 2.31 bits per heavy atom. The van der Waals surface area contributed by atoms with Gasteiger partial charge in [0.05, 0.1) is 23.5 Å². The maximum absolute atomic E-state index is 12.6. The summed E-state index contributed by atoms with van der Waals surface area (Å²) in [6, 6.07) is 15.7. The fraction of sp³-hybridized carbons (Fsp3) is 0.158. The van der Waals surface area contributed by atoms with E-state index in [1.807, 2.05) is 48.9 Å². The standard InChI is InChI=1S/C19H17N3O3S/c1-13-11-14(2)22(20-13)16-9-7-15(8-10-16)12-21-19(23)17-5-3-4-6-18(17)26(21,24)25/h3-11H,12H2,1-2H3. The Labute approximate surface area is 151 Å². The summed E-state index contributed by atoms with van der Waals surface area (Å²) in [6.45, 7) is 3.91. The first-order valence-corrected chi connectivity index (χ1v) is 9.60. The van der Waals surface area contributed by atoms with Gasteiger partial charge in [0.2, 0.25) is 0 Å². The quantitative estimate of drug-likeness (QED) is 0.714. The van der Waals surface area contributed by atoms with Gasteiger partial charge in [-0.05, 0) is 49.7 Å². The van der Waals surface area contributed by atoms with E-state index >= 15 is 0 Å². The van der Waals surface area contributed by atoms with Gasteiger partial charge in [0.15, 0.2) is 0 Å². The minimum absolute atomic E-state index is 0.00719. The van der Waals surface area contributed by atoms with Crippen molar-refractivity contribution in [1.82, 2.24) is 14.1 Å². The number of carbonyl (C=O) groups is 1. The van der Waals surface area contributed by atoms with Crippen LogP contribution >= 0.6 is 0 Å². The van der Waals surface area contributed by atoms with Gasteiger partial charge in [-0.2, -0.15) is 5.10 Å². The third-order valence-electron chi connectivity index (χ3n) is 4.43. The average molecular weight is 367 g/mol. The number of hydrogen-bond acceptors (Lipinski definition) is 4. The maximum atomic E-state index is 12.6. The fourth-order valence-electron chi connectivity index (χ4n) is 3.19. The van der Waals surface area contributed by atoms with Crippen LogP contribution in [-0.2, 0) is 16.6 Å². The number of aromatic nitrogens is 2. The number of benzene rings is 2. The largest absolute Gasteiger partial charge is 0.269 e. The van der Waals surface area contributed by atoms with Crippen molar-refractivity contribution >= 4 is 15.9 Å². The Hall–Kier alpha value is -2.93. The van der Waals surface area contributed by atoms with Crippen LogP contribution in [0.15, 0.2) is 59.5 Å². The molecule has 0 radical (unpaired) electrons. The van der Waals surface area contributed by atoms with Gasteiger partial charge < -0.3 is 0 Å². The first-order valence-electron chi connectivity index (χ1n) is 8.16. The molecule has 0 fully saturated rings. The first kappa shape index (κ1) is 16.5. The minimum Gasteiger partial charge on any atom is -0.268 e. The van der Waals surface area contributed by atoms with Gasteiger partial charge in [0.1, 0.15) is 4.90 Å². The third kappa shape index (κ3) is 2.52. The molecule has 2 heterocycles. The minimum atomic E-state index is -3.79. The summed E-state index contributed by atoms with van der Waals surface area (Å²) >= 11 is 0. The highest BCUT2D eigenvalue weighted by Crippen LogP contribution is 2.31. The molecule has 7 heteroatoms. The molecular formula is C19H17N3O3S. The van der Waals surface area contributed by atoms with E-state index in [1.54, 1.807) is 18.2 Å². The van der Waals surface area contributed by atoms with Crippen molar-refractivity contribution < 1.29 is 13.2 Å². The summed E-state index contributed by atoms with van der Waals surface area (Å²) in [7, 11) is -3.79. The van der Waals surface area contributed by atoms with E-state index in [4.69, 9.17) is 0 Å². The Balaban J connectivity index is 1.63. The lowest BCUT2D eigenvalue weighted by molar-refractivity contribution is 0.0865. The van der Waals surface area contributed by atoms with Crippen LogP contribution in [0.25, 0.3) is 5.69 Å². The van der Waals surface area contributed by atoms with E-state index in [0.717, 1.165) is 26.9 Å². The topological polar surface area (TPSA) is 72.3 Å². The maximum Gasteiger partial charge on any atom is 0.269 e. The summed E-state index contributed by atoms with van der Waals surface area (Å²) in [5.41, 5.74) is 3.80. The SMILES string of the molecule is Cc1cc(C)n(-c2ccc(CN3C(=O)c4ccccc4S3(=O)=O)cc2)n1. The summed E-state index contributed by atoms with van der Waals surface area (Å²) in [5, 5.41) is 4.43. The third-order valence-corrected chi connectivity index (χ3v) is 6.22. The van der Waals surface area contributed by atoms with Crippen LogP contribution in [0.2, 0.25) is 0 Å². The molecule has 1 aliphatic rings. The molecule has 3 aromatic rings. The molecule has 1 aliphatic heterocycles. The molecule has 1 amide bonds. The summed E-state index contributed by atoms with van der Waals surface area (Å²) in [6.07, 6.45) is 0. The van der Waals surface area contributed by atoms with Crippen LogP contribution in [0.4, 0.5) is 0 Å². The van der Waals surface area contributed by atoms with E-state index < -0.39 is 15.9 Å². The second kappa shape index (κ2) is 5.81. The monoisotopic (exact) mass is 367 g/mol. The Morgan fingerprint density at radius 2 is 1.69 bits per heavy atom. The summed E-state index contributed by atoms with van der Waals surface area (Å²) < 4.78 is 28.0. The Kier molecular flexibility index (Phi) is 3.69. The molecule has 0 aliphatic carbocycles. The van der Waals surface area contributed by atoms with Crippen LogP contribution in [0.5, 0.6) is 0 Å². The second-order valence-electron chi connectivity index (χ2n) is 6.32. The molecule has 6 nitrogen and oxygen atoms in total. The predicted octanol–water partition coefficient (Wildman–Crippen LogP) is 2.83. The molecule has 0 unspecified atom stereocenters. The molecule has 4 rings (SSSR count). The lowest BCUT2D eigenvalue weighted by Gasteiger charge is -2.15. The highest BCUT2D eigenvalue weighted by molar-refractivity contribution is 7.90. The normalized spacial score (nSPS) is 15.3. The number of aryl methyl sites for hydroxylation is 2. The van der Waals surface area contributed by atoms with Crippen molar-refractivity contribution in [3.8, 4) is 5.69 Å². The molecule has 26 heavy (non-hydrogen) atoms. The molecule has 0 saturated carbocycles. The second-order valence-corrected chi connectivity index (χ2v) is 8.15. The number of nitrogens with zero attached hydrogens (tertiary/aromatic N) is 3. The predicted molar refractivity (Wildman–Crippen MR) is 96.5 cm³/mol. The van der Waals surface area contributed by atoms with E-state index in [9.17, 15) is 13.2 Å². The zero-order valence-corrected chi connectivity index (χ0v) is 15.2. The van der Waals surface area contributed by atoms with Crippen LogP contribution in [0.3, 0.4) is 0 Å². The van der Waals surface area contributed by atoms with Gasteiger partial charge >= 0.3 is 0 Å². The number of sulfonamides is 1. The van der Waals surface area contributed by atoms with Crippen molar-refractivity contribution in [3.05, 3.63) is 77.1 Å². The van der Waals surface area contributed by atoms with E-state index in [0.29, 0.717) is 0 Å². The Morgan fingerprint density at radius 1 is 1.00 bits per heavy atom. The number of fused-ring (bicyclic) bond motifs is 1. The molecule has 0 saturated heterocycles. The van der Waals surface area contributed by atoms with Crippen LogP contribution in [-0.4, -0.2) is 28.4 Å². The lowest BCUT2D eigenvalue weighted by atomic mass is 10.2. The van der Waals surface area contributed by atoms with E-state index in [1.165, 1.54) is 6.07 Å². The lowest BCUT2D eigenvalue weighted by Crippen LogP contribution is -2.29. The van der Waals surface area contributed by atoms with Crippen molar-refractivity contribution in [2.45, 2.75) is 25.3 Å². The van der Waals surface area contributed by atoms with Crippen LogP contribution in [0, 0.1) is 13.8 Å². The van der Waals surface area contributed by atoms with Gasteiger partial charge in [0, 0.05) is 5.69 Å². The summed E-state index contributed by atoms with van der Waals surface area (Å²) in [4.78, 5) is 12.6. The van der Waals surface area contributed by atoms with Gasteiger partial charge in [-0.15, -0.1) is 0 Å². The number of amides is 1. The van der Waals surface area contributed by atoms with Gasteiger partial charge in [-0.25, -0.2) is 17.4 Å². The Bertz CT molecular complexity index is 1120. The average Bonchev–Trinajstić information content (AvgIpc) is 3.05. The molecule has 1 aromatic heterocycles. The highest BCUT2D eigenvalue weighted by Gasteiger charge is 2.40. The molecule has 0 spiro atoms. The van der Waals surface area contributed by atoms with Crippen LogP contribution in [0.1, 0.15) is 27.3 Å². The van der Waals surface area contributed by atoms with Crippen molar-refractivity contribution in [2.75, 3.05) is 0 Å². The molecular weight excluding hydrogens is 350 g/mol. The van der Waals surface area contributed by atoms with E-state index in [2.05, 4.69) is 5.10 Å². The highest BCUT2D eigenvalue weighted by atomic mass is 32.2. The molecule has 0 N–H and O–H groups in total. The number of hydrogen-bond donors (Lipinski definition) is 0. The molecule has 132 valence electrons. The fourth-order valence-corrected chi connectivity index (χ4v) is 4.74. The van der Waals surface area contributed by atoms with Crippen molar-refractivity contribution in [1.29, 1.82) is 0 Å². The zero-order chi connectivity index (χ0) is 18.5.